The highest BCUT2D eigenvalue weighted by Gasteiger charge is 2.28. The molecular weight excluding hydrogens is 346 g/mol. The van der Waals surface area contributed by atoms with E-state index in [9.17, 15) is 17.6 Å². The molecule has 3 nitrogen and oxygen atoms in total. The van der Waals surface area contributed by atoms with Gasteiger partial charge in [-0.05, 0) is 32.2 Å². The summed E-state index contributed by atoms with van der Waals surface area (Å²) < 4.78 is 57.8. The van der Waals surface area contributed by atoms with E-state index >= 15 is 0 Å². The van der Waals surface area contributed by atoms with Crippen molar-refractivity contribution in [2.75, 3.05) is 7.05 Å². The molecule has 3 rings (SSSR count). The van der Waals surface area contributed by atoms with E-state index in [1.54, 1.807) is 21.0 Å². The van der Waals surface area contributed by atoms with Gasteiger partial charge in [-0.25, -0.2) is 17.6 Å². The van der Waals surface area contributed by atoms with Crippen molar-refractivity contribution < 1.29 is 17.6 Å². The van der Waals surface area contributed by atoms with Crippen LogP contribution in [0.25, 0.3) is 11.1 Å². The van der Waals surface area contributed by atoms with E-state index < -0.39 is 29.3 Å². The average molecular weight is 363 g/mol. The minimum atomic E-state index is -0.782. The van der Waals surface area contributed by atoms with Gasteiger partial charge < -0.3 is 5.32 Å². The molecule has 3 aromatic rings. The molecule has 136 valence electrons. The third-order valence-electron chi connectivity index (χ3n) is 4.31. The number of hydrogen-bond acceptors (Lipinski definition) is 2. The summed E-state index contributed by atoms with van der Waals surface area (Å²) >= 11 is 0. The molecule has 1 heterocycles. The Hall–Kier alpha value is -2.67. The van der Waals surface area contributed by atoms with Crippen molar-refractivity contribution in [2.24, 2.45) is 7.05 Å². The lowest BCUT2D eigenvalue weighted by atomic mass is 9.94. The van der Waals surface area contributed by atoms with Crippen molar-refractivity contribution in [1.82, 2.24) is 15.1 Å². The Morgan fingerprint density at radius 3 is 2.19 bits per heavy atom. The summed E-state index contributed by atoms with van der Waals surface area (Å²) in [6.45, 7) is 1.62. The molecule has 0 amide bonds. The first kappa shape index (κ1) is 18.1. The molecule has 1 N–H and O–H groups in total. The molecule has 1 aromatic heterocycles. The van der Waals surface area contributed by atoms with E-state index in [2.05, 4.69) is 10.4 Å². The molecule has 2 aromatic carbocycles. The molecule has 0 aliphatic carbocycles. The van der Waals surface area contributed by atoms with Crippen LogP contribution in [0.5, 0.6) is 0 Å². The molecule has 0 spiro atoms. The van der Waals surface area contributed by atoms with E-state index in [0.717, 1.165) is 24.3 Å². The molecule has 1 atom stereocenters. The molecule has 0 aliphatic heterocycles. The van der Waals surface area contributed by atoms with E-state index in [0.29, 0.717) is 11.4 Å². The number of nitrogens with one attached hydrogen (secondary N) is 1. The Morgan fingerprint density at radius 1 is 0.962 bits per heavy atom. The molecule has 0 radical (unpaired) electrons. The molecule has 0 fully saturated rings. The van der Waals surface area contributed by atoms with E-state index in [4.69, 9.17) is 0 Å². The first-order chi connectivity index (χ1) is 12.3. The first-order valence-corrected chi connectivity index (χ1v) is 7.95. The van der Waals surface area contributed by atoms with Crippen LogP contribution in [0, 0.1) is 30.2 Å². The summed E-state index contributed by atoms with van der Waals surface area (Å²) in [6, 6.07) is 6.01. The van der Waals surface area contributed by atoms with Crippen LogP contribution in [0.4, 0.5) is 17.6 Å². The maximum Gasteiger partial charge on any atom is 0.134 e. The van der Waals surface area contributed by atoms with Crippen molar-refractivity contribution in [3.8, 4) is 11.1 Å². The highest BCUT2D eigenvalue weighted by atomic mass is 19.1. The van der Waals surface area contributed by atoms with Gasteiger partial charge in [0.15, 0.2) is 0 Å². The molecular formula is C19H17F4N3. The van der Waals surface area contributed by atoms with Crippen LogP contribution in [-0.4, -0.2) is 16.8 Å². The zero-order valence-corrected chi connectivity index (χ0v) is 14.4. The Bertz CT molecular complexity index is 945. The summed E-state index contributed by atoms with van der Waals surface area (Å²) in [5, 5.41) is 7.19. The molecule has 26 heavy (non-hydrogen) atoms. The Labute approximate surface area is 148 Å². The SMILES string of the molecule is CNC(c1ccc(F)cc1F)c1c(-c2c(F)cccc2F)c(C)nn1C. The van der Waals surface area contributed by atoms with E-state index in [-0.39, 0.29) is 16.7 Å². The van der Waals surface area contributed by atoms with Crippen LogP contribution >= 0.6 is 0 Å². The summed E-state index contributed by atoms with van der Waals surface area (Å²) in [4.78, 5) is 0. The van der Waals surface area contributed by atoms with E-state index in [1.165, 1.54) is 16.8 Å². The number of rotatable bonds is 4. The second-order valence-corrected chi connectivity index (χ2v) is 5.95. The largest absolute Gasteiger partial charge is 0.308 e. The summed E-state index contributed by atoms with van der Waals surface area (Å²) in [6.07, 6.45) is 0. The maximum atomic E-state index is 14.4. The van der Waals surface area contributed by atoms with Crippen LogP contribution in [0.15, 0.2) is 36.4 Å². The molecule has 1 unspecified atom stereocenters. The predicted molar refractivity (Wildman–Crippen MR) is 90.6 cm³/mol. The Balaban J connectivity index is 2.28. The number of aryl methyl sites for hydroxylation is 2. The second kappa shape index (κ2) is 6.92. The molecule has 0 saturated heterocycles. The van der Waals surface area contributed by atoms with Crippen LogP contribution in [0.2, 0.25) is 0 Å². The highest BCUT2D eigenvalue weighted by molar-refractivity contribution is 5.71. The van der Waals surface area contributed by atoms with Crippen LogP contribution in [0.1, 0.15) is 23.0 Å². The minimum absolute atomic E-state index is 0.148. The van der Waals surface area contributed by atoms with Gasteiger partial charge in [0.25, 0.3) is 0 Å². The smallest absolute Gasteiger partial charge is 0.134 e. The number of aromatic nitrogens is 2. The summed E-state index contributed by atoms with van der Waals surface area (Å²) in [5.74, 6) is -2.95. The van der Waals surface area contributed by atoms with Crippen LogP contribution in [-0.2, 0) is 7.05 Å². The van der Waals surface area contributed by atoms with Gasteiger partial charge in [0.1, 0.15) is 23.3 Å². The normalized spacial score (nSPS) is 12.4. The predicted octanol–water partition coefficient (Wildman–Crippen LogP) is 4.26. The van der Waals surface area contributed by atoms with Gasteiger partial charge in [0.2, 0.25) is 0 Å². The van der Waals surface area contributed by atoms with Crippen molar-refractivity contribution in [1.29, 1.82) is 0 Å². The maximum absolute atomic E-state index is 14.4. The molecule has 7 heteroatoms. The van der Waals surface area contributed by atoms with Crippen molar-refractivity contribution in [3.63, 3.8) is 0 Å². The molecule has 0 bridgehead atoms. The Kier molecular flexibility index (Phi) is 4.82. The quantitative estimate of drug-likeness (QED) is 0.702. The lowest BCUT2D eigenvalue weighted by Gasteiger charge is -2.20. The molecule has 0 saturated carbocycles. The van der Waals surface area contributed by atoms with Crippen molar-refractivity contribution in [2.45, 2.75) is 13.0 Å². The highest BCUT2D eigenvalue weighted by Crippen LogP contribution is 2.37. The lowest BCUT2D eigenvalue weighted by molar-refractivity contribution is 0.536. The third kappa shape index (κ3) is 2.99. The fraction of sp³-hybridized carbons (Fsp3) is 0.211. The Morgan fingerprint density at radius 2 is 1.62 bits per heavy atom. The lowest BCUT2D eigenvalue weighted by Crippen LogP contribution is -2.22. The van der Waals surface area contributed by atoms with Gasteiger partial charge in [-0.15, -0.1) is 0 Å². The third-order valence-corrected chi connectivity index (χ3v) is 4.31. The molecule has 0 aliphatic rings. The minimum Gasteiger partial charge on any atom is -0.308 e. The fourth-order valence-electron chi connectivity index (χ4n) is 3.23. The van der Waals surface area contributed by atoms with Gasteiger partial charge in [-0.1, -0.05) is 12.1 Å². The average Bonchev–Trinajstić information content (AvgIpc) is 2.85. The van der Waals surface area contributed by atoms with Crippen molar-refractivity contribution in [3.05, 3.63) is 76.6 Å². The zero-order chi connectivity index (χ0) is 19.0. The van der Waals surface area contributed by atoms with Gasteiger partial charge in [-0.3, -0.25) is 4.68 Å². The van der Waals surface area contributed by atoms with Crippen LogP contribution in [0.3, 0.4) is 0 Å². The monoisotopic (exact) mass is 363 g/mol. The summed E-state index contributed by atoms with van der Waals surface area (Å²) in [5.41, 5.74) is 0.936. The summed E-state index contributed by atoms with van der Waals surface area (Å²) in [7, 11) is 3.19. The number of benzene rings is 2. The van der Waals surface area contributed by atoms with E-state index in [1.807, 2.05) is 0 Å². The number of halogens is 4. The number of hydrogen-bond donors (Lipinski definition) is 1. The van der Waals surface area contributed by atoms with Gasteiger partial charge >= 0.3 is 0 Å². The fourth-order valence-corrected chi connectivity index (χ4v) is 3.23. The second-order valence-electron chi connectivity index (χ2n) is 5.95. The van der Waals surface area contributed by atoms with Crippen molar-refractivity contribution >= 4 is 0 Å². The van der Waals surface area contributed by atoms with Crippen LogP contribution < -0.4 is 5.32 Å². The van der Waals surface area contributed by atoms with Gasteiger partial charge in [0, 0.05) is 24.2 Å². The van der Waals surface area contributed by atoms with Gasteiger partial charge in [0.05, 0.1) is 23.0 Å². The zero-order valence-electron chi connectivity index (χ0n) is 14.4. The topological polar surface area (TPSA) is 29.9 Å². The standard InChI is InChI=1S/C19H17F4N3/c1-10-16(17-13(21)5-4-6-14(17)22)19(26(3)25-10)18(24-2)12-8-7-11(20)9-15(12)23/h4-9,18,24H,1-3H3. The number of nitrogens with zero attached hydrogens (tertiary/aromatic N) is 2. The first-order valence-electron chi connectivity index (χ1n) is 7.95. The van der Waals surface area contributed by atoms with Gasteiger partial charge in [-0.2, -0.15) is 5.10 Å².